The molecule has 1 heterocycles. The van der Waals surface area contributed by atoms with Crippen LogP contribution in [0.5, 0.6) is 0 Å². The number of hydrogen-bond acceptors (Lipinski definition) is 12. The Hall–Kier alpha value is -1.78. The van der Waals surface area contributed by atoms with Crippen LogP contribution in [0, 0.1) is 0 Å². The van der Waals surface area contributed by atoms with E-state index >= 15 is 0 Å². The highest BCUT2D eigenvalue weighted by Gasteiger charge is 2.44. The molecule has 1 aromatic rings. The van der Waals surface area contributed by atoms with Gasteiger partial charge in [-0.15, -0.1) is 0 Å². The highest BCUT2D eigenvalue weighted by Crippen LogP contribution is 2.30. The van der Waals surface area contributed by atoms with Crippen molar-refractivity contribution in [1.82, 2.24) is 0 Å². The monoisotopic (exact) mass is 495 g/mol. The van der Waals surface area contributed by atoms with E-state index in [9.17, 15) is 33.6 Å². The van der Waals surface area contributed by atoms with Gasteiger partial charge in [0, 0.05) is 0 Å². The van der Waals surface area contributed by atoms with Crippen LogP contribution < -0.4 is 0 Å². The number of carbonyl (C=O) groups excluding carboxylic acids is 1. The molecule has 12 nitrogen and oxygen atoms in total. The summed E-state index contributed by atoms with van der Waals surface area (Å²) in [5, 5.41) is 38.5. The van der Waals surface area contributed by atoms with Gasteiger partial charge < -0.3 is 34.1 Å². The quantitative estimate of drug-likeness (QED) is 0.132. The van der Waals surface area contributed by atoms with Crippen LogP contribution in [-0.4, -0.2) is 93.7 Å². The molecule has 180 valence electrons. The summed E-state index contributed by atoms with van der Waals surface area (Å²) in [4.78, 5) is 16.1. The van der Waals surface area contributed by atoms with E-state index in [-0.39, 0.29) is 13.0 Å². The second kappa shape index (κ2) is 11.9. The Kier molecular flexibility index (Phi) is 9.84. The summed E-state index contributed by atoms with van der Waals surface area (Å²) in [5.41, 5.74) is -1.10. The van der Waals surface area contributed by atoms with Crippen molar-refractivity contribution in [2.45, 2.75) is 49.2 Å². The molecule has 6 atom stereocenters. The van der Waals surface area contributed by atoms with Crippen molar-refractivity contribution in [2.24, 2.45) is 4.99 Å². The molecule has 2 rings (SSSR count). The van der Waals surface area contributed by atoms with Crippen LogP contribution in [-0.2, 0) is 24.1 Å². The summed E-state index contributed by atoms with van der Waals surface area (Å²) < 4.78 is 46.5. The lowest BCUT2D eigenvalue weighted by Crippen LogP contribution is -2.57. The first-order valence-corrected chi connectivity index (χ1v) is 11.7. The summed E-state index contributed by atoms with van der Waals surface area (Å²) in [6, 6.07) is 7.34. The van der Waals surface area contributed by atoms with Crippen molar-refractivity contribution in [2.75, 3.05) is 13.2 Å². The molecule has 0 spiro atoms. The molecule has 1 aromatic carbocycles. The lowest BCUT2D eigenvalue weighted by atomic mass is 10.0. The maximum atomic E-state index is 12.1. The minimum atomic E-state index is -5.02. The average Bonchev–Trinajstić information content (AvgIpc) is 2.76. The zero-order valence-corrected chi connectivity index (χ0v) is 18.6. The molecule has 0 bridgehead atoms. The normalized spacial score (nSPS) is 27.6. The zero-order chi connectivity index (χ0) is 23.9. The fourth-order valence-corrected chi connectivity index (χ4v) is 4.20. The summed E-state index contributed by atoms with van der Waals surface area (Å²) in [6.07, 6.45) is -6.00. The first-order chi connectivity index (χ1) is 15.1. The van der Waals surface area contributed by atoms with Crippen molar-refractivity contribution >= 4 is 33.4 Å². The first-order valence-electron chi connectivity index (χ1n) is 9.49. The number of aliphatic hydroxyl groups is 4. The van der Waals surface area contributed by atoms with Gasteiger partial charge in [0.1, 0.15) is 36.5 Å². The number of rotatable bonds is 8. The maximum Gasteiger partial charge on any atom is 0.448 e. The van der Waals surface area contributed by atoms with E-state index in [1.54, 1.807) is 37.3 Å². The molecule has 1 aliphatic heterocycles. The van der Waals surface area contributed by atoms with Crippen LogP contribution >= 0.6 is 11.8 Å². The molecule has 1 fully saturated rings. The molecule has 0 saturated carbocycles. The molecule has 0 amide bonds. The lowest BCUT2D eigenvalue weighted by molar-refractivity contribution is -0.205. The second-order valence-electron chi connectivity index (χ2n) is 6.75. The number of esters is 1. The Morgan fingerprint density at radius 1 is 1.19 bits per heavy atom. The van der Waals surface area contributed by atoms with Crippen LogP contribution in [0.4, 0.5) is 0 Å². The van der Waals surface area contributed by atoms with Crippen molar-refractivity contribution in [1.29, 1.82) is 0 Å². The highest BCUT2D eigenvalue weighted by atomic mass is 32.3. The molecule has 32 heavy (non-hydrogen) atoms. The number of ether oxygens (including phenoxy) is 2. The van der Waals surface area contributed by atoms with Crippen molar-refractivity contribution in [3.8, 4) is 0 Å². The number of aliphatic imine (C=N–C) groups is 1. The Morgan fingerprint density at radius 2 is 1.84 bits per heavy atom. The van der Waals surface area contributed by atoms with Crippen molar-refractivity contribution in [3.63, 3.8) is 0 Å². The Balaban J connectivity index is 2.15. The van der Waals surface area contributed by atoms with Gasteiger partial charge in [0.2, 0.25) is 0 Å². The molecule has 5 N–H and O–H groups in total. The Labute approximate surface area is 188 Å². The minimum absolute atomic E-state index is 0.252. The smallest absolute Gasteiger partial charge is 0.448 e. The van der Waals surface area contributed by atoms with Crippen molar-refractivity contribution in [3.05, 3.63) is 35.9 Å². The number of thioether (sulfide) groups is 1. The van der Waals surface area contributed by atoms with Crippen LogP contribution in [0.3, 0.4) is 0 Å². The van der Waals surface area contributed by atoms with E-state index in [4.69, 9.17) is 14.0 Å². The van der Waals surface area contributed by atoms with E-state index < -0.39 is 64.1 Å². The predicted molar refractivity (Wildman–Crippen MR) is 112 cm³/mol. The minimum Gasteiger partial charge on any atom is -0.460 e. The summed E-state index contributed by atoms with van der Waals surface area (Å²) >= 11 is 0.394. The predicted octanol–water partition coefficient (Wildman–Crippen LogP) is -0.669. The molecular formula is C18H25NO11S2. The van der Waals surface area contributed by atoms with Gasteiger partial charge in [-0.05, 0) is 30.3 Å². The first kappa shape index (κ1) is 26.5. The Bertz CT molecular complexity index is 878. The summed E-state index contributed by atoms with van der Waals surface area (Å²) in [6.45, 7) is 0.729. The van der Waals surface area contributed by atoms with E-state index in [2.05, 4.69) is 9.18 Å². The third-order valence-corrected chi connectivity index (χ3v) is 5.90. The third-order valence-electron chi connectivity index (χ3n) is 4.42. The SMILES string of the molecule is CCC(COC(=O)c1ccccc1)N=C(OS(=O)(=O)O)SC1OC(CO)C(O)C(O)C1O. The number of carbonyl (C=O) groups is 1. The Morgan fingerprint density at radius 3 is 2.41 bits per heavy atom. The number of benzene rings is 1. The number of hydrogen-bond donors (Lipinski definition) is 5. The molecule has 6 unspecified atom stereocenters. The van der Waals surface area contributed by atoms with Crippen LogP contribution in [0.15, 0.2) is 35.3 Å². The molecular weight excluding hydrogens is 470 g/mol. The summed E-state index contributed by atoms with van der Waals surface area (Å²) in [7, 11) is -5.02. The van der Waals surface area contributed by atoms with Crippen LogP contribution in [0.1, 0.15) is 23.7 Å². The van der Waals surface area contributed by atoms with Gasteiger partial charge in [0.25, 0.3) is 5.23 Å². The number of aliphatic hydroxyl groups excluding tert-OH is 4. The van der Waals surface area contributed by atoms with E-state index in [1.807, 2.05) is 0 Å². The molecule has 14 heteroatoms. The summed E-state index contributed by atoms with van der Waals surface area (Å²) in [5.74, 6) is -0.627. The van der Waals surface area contributed by atoms with E-state index in [1.165, 1.54) is 0 Å². The van der Waals surface area contributed by atoms with Gasteiger partial charge in [0.15, 0.2) is 0 Å². The lowest BCUT2D eigenvalue weighted by Gasteiger charge is -2.39. The van der Waals surface area contributed by atoms with Gasteiger partial charge >= 0.3 is 16.4 Å². The van der Waals surface area contributed by atoms with Gasteiger partial charge in [-0.2, -0.15) is 8.42 Å². The molecule has 0 aliphatic carbocycles. The zero-order valence-electron chi connectivity index (χ0n) is 16.9. The number of nitrogens with zero attached hydrogens (tertiary/aromatic N) is 1. The van der Waals surface area contributed by atoms with Crippen LogP contribution in [0.2, 0.25) is 0 Å². The third kappa shape index (κ3) is 7.67. The topological polar surface area (TPSA) is 192 Å². The largest absolute Gasteiger partial charge is 0.460 e. The molecule has 0 aromatic heterocycles. The van der Waals surface area contributed by atoms with Gasteiger partial charge in [-0.1, -0.05) is 25.1 Å². The van der Waals surface area contributed by atoms with Gasteiger partial charge in [-0.25, -0.2) is 9.79 Å². The highest BCUT2D eigenvalue weighted by molar-refractivity contribution is 8.14. The maximum absolute atomic E-state index is 12.1. The fraction of sp³-hybridized carbons (Fsp3) is 0.556. The average molecular weight is 496 g/mol. The molecule has 1 saturated heterocycles. The van der Waals surface area contributed by atoms with Crippen LogP contribution in [0.25, 0.3) is 0 Å². The second-order valence-corrected chi connectivity index (χ2v) is 8.82. The van der Waals surface area contributed by atoms with Gasteiger partial charge in [-0.3, -0.25) is 4.55 Å². The van der Waals surface area contributed by atoms with E-state index in [0.717, 1.165) is 0 Å². The van der Waals surface area contributed by atoms with E-state index in [0.29, 0.717) is 17.3 Å². The van der Waals surface area contributed by atoms with Gasteiger partial charge in [0.05, 0.1) is 18.2 Å². The molecule has 1 aliphatic rings. The van der Waals surface area contributed by atoms with Crippen molar-refractivity contribution < 1.29 is 51.8 Å². The fourth-order valence-electron chi connectivity index (χ4n) is 2.65. The standard InChI is InChI=1S/C18H25NO11S2/c1-2-11(9-28-16(24)10-6-4-3-5-7-10)19-18(30-32(25,26)27)31-17-15(23)14(22)13(21)12(8-20)29-17/h3-7,11-15,17,20-23H,2,8-9H2,1H3,(H,25,26,27). The molecule has 0 radical (unpaired) electrons.